The van der Waals surface area contributed by atoms with Crippen LogP contribution in [-0.2, 0) is 11.3 Å². The number of anilines is 2. The molecule has 186 valence electrons. The fourth-order valence-corrected chi connectivity index (χ4v) is 5.75. The lowest BCUT2D eigenvalue weighted by atomic mass is 10.2. The molecule has 2 aliphatic rings. The largest absolute Gasteiger partial charge is 0.477 e. The molecular weight excluding hydrogens is 480 g/mol. The van der Waals surface area contributed by atoms with Crippen LogP contribution in [-0.4, -0.2) is 67.3 Å². The highest BCUT2D eigenvalue weighted by Gasteiger charge is 2.28. The van der Waals surface area contributed by atoms with Crippen LogP contribution in [0.15, 0.2) is 30.9 Å². The number of amides is 2. The van der Waals surface area contributed by atoms with Crippen LogP contribution in [0.25, 0.3) is 15.3 Å². The molecule has 2 aliphatic heterocycles. The van der Waals surface area contributed by atoms with E-state index in [0.29, 0.717) is 29.2 Å². The van der Waals surface area contributed by atoms with E-state index in [9.17, 15) is 9.59 Å². The minimum absolute atomic E-state index is 0.0614. The molecule has 0 spiro atoms. The van der Waals surface area contributed by atoms with Crippen molar-refractivity contribution in [2.24, 2.45) is 0 Å². The van der Waals surface area contributed by atoms with Gasteiger partial charge in [0, 0.05) is 19.2 Å². The summed E-state index contributed by atoms with van der Waals surface area (Å²) in [6.45, 7) is 4.22. The molecule has 6 rings (SSSR count). The first kappa shape index (κ1) is 22.7. The lowest BCUT2D eigenvalue weighted by molar-refractivity contribution is -0.119. The molecule has 0 aromatic carbocycles. The molecular formula is C24H26N8O3S. The van der Waals surface area contributed by atoms with Crippen LogP contribution >= 0.6 is 11.3 Å². The molecule has 0 bridgehead atoms. The summed E-state index contributed by atoms with van der Waals surface area (Å²) in [5.41, 5.74) is 3.08. The van der Waals surface area contributed by atoms with E-state index < -0.39 is 0 Å². The van der Waals surface area contributed by atoms with E-state index >= 15 is 0 Å². The van der Waals surface area contributed by atoms with E-state index in [2.05, 4.69) is 25.8 Å². The molecule has 0 saturated carbocycles. The van der Waals surface area contributed by atoms with Gasteiger partial charge in [0.25, 0.3) is 5.91 Å². The van der Waals surface area contributed by atoms with Crippen molar-refractivity contribution < 1.29 is 14.3 Å². The predicted octanol–water partition coefficient (Wildman–Crippen LogP) is 3.03. The summed E-state index contributed by atoms with van der Waals surface area (Å²) in [5.74, 6) is 0.394. The summed E-state index contributed by atoms with van der Waals surface area (Å²) < 4.78 is 9.39. The maximum Gasteiger partial charge on any atom is 0.260 e. The molecule has 11 nitrogen and oxygen atoms in total. The average Bonchev–Trinajstić information content (AvgIpc) is 3.64. The molecule has 4 aromatic rings. The molecule has 1 saturated heterocycles. The van der Waals surface area contributed by atoms with Gasteiger partial charge in [0.05, 0.1) is 64.3 Å². The maximum atomic E-state index is 13.2. The van der Waals surface area contributed by atoms with Gasteiger partial charge in [0.2, 0.25) is 11.8 Å². The fourth-order valence-electron chi connectivity index (χ4n) is 4.69. The summed E-state index contributed by atoms with van der Waals surface area (Å²) in [6, 6.07) is 1.59. The van der Waals surface area contributed by atoms with Crippen molar-refractivity contribution in [2.75, 3.05) is 30.8 Å². The zero-order valence-corrected chi connectivity index (χ0v) is 20.8. The van der Waals surface area contributed by atoms with Crippen LogP contribution in [0.4, 0.5) is 11.4 Å². The maximum absolute atomic E-state index is 13.2. The minimum atomic E-state index is -0.296. The second-order valence-electron chi connectivity index (χ2n) is 9.13. The number of pyridine rings is 1. The standard InChI is InChI=1S/C24H26N8O3S/c1-14-18(9-15(10-25-14)28-22(34)19-5-3-6-30(19)2)29-21(33)17-12-27-32-13-20(36-24(17)32)16-11-26-31-7-4-8-35-23(16)31/h9-13,19H,3-8H2,1-2H3,(H,28,34)(H,29,33)/t19-/m0/s1. The number of aromatic nitrogens is 5. The Hall–Kier alpha value is -3.77. The van der Waals surface area contributed by atoms with Gasteiger partial charge in [-0.1, -0.05) is 0 Å². The van der Waals surface area contributed by atoms with E-state index in [-0.39, 0.29) is 17.9 Å². The first-order chi connectivity index (χ1) is 17.5. The van der Waals surface area contributed by atoms with Crippen LogP contribution in [0.5, 0.6) is 5.88 Å². The summed E-state index contributed by atoms with van der Waals surface area (Å²) in [6.07, 6.45) is 9.61. The van der Waals surface area contributed by atoms with Gasteiger partial charge in [-0.25, -0.2) is 9.20 Å². The van der Waals surface area contributed by atoms with E-state index in [1.54, 1.807) is 29.2 Å². The fraction of sp³-hybridized carbons (Fsp3) is 0.375. The summed E-state index contributed by atoms with van der Waals surface area (Å²) in [5, 5.41) is 14.7. The first-order valence-electron chi connectivity index (χ1n) is 11.9. The Morgan fingerprint density at radius 2 is 2.03 bits per heavy atom. The Balaban J connectivity index is 1.22. The van der Waals surface area contributed by atoms with Crippen LogP contribution in [0, 0.1) is 6.92 Å². The molecule has 4 aromatic heterocycles. The number of rotatable bonds is 5. The van der Waals surface area contributed by atoms with Gasteiger partial charge in [-0.3, -0.25) is 19.5 Å². The number of aryl methyl sites for hydroxylation is 2. The number of fused-ring (bicyclic) bond motifs is 2. The monoisotopic (exact) mass is 506 g/mol. The van der Waals surface area contributed by atoms with Crippen LogP contribution < -0.4 is 15.4 Å². The zero-order chi connectivity index (χ0) is 24.8. The Kier molecular flexibility index (Phi) is 5.69. The molecule has 0 radical (unpaired) electrons. The van der Waals surface area contributed by atoms with Gasteiger partial charge in [0.1, 0.15) is 4.83 Å². The van der Waals surface area contributed by atoms with Crippen molar-refractivity contribution in [3.63, 3.8) is 0 Å². The van der Waals surface area contributed by atoms with Gasteiger partial charge in [0.15, 0.2) is 0 Å². The molecule has 2 N–H and O–H groups in total. The van der Waals surface area contributed by atoms with Gasteiger partial charge in [-0.15, -0.1) is 11.3 Å². The highest BCUT2D eigenvalue weighted by Crippen LogP contribution is 2.37. The number of hydrogen-bond acceptors (Lipinski definition) is 8. The highest BCUT2D eigenvalue weighted by atomic mass is 32.1. The molecule has 36 heavy (non-hydrogen) atoms. The normalized spacial score (nSPS) is 17.7. The zero-order valence-electron chi connectivity index (χ0n) is 20.0. The van der Waals surface area contributed by atoms with Gasteiger partial charge in [-0.05, 0) is 39.4 Å². The van der Waals surface area contributed by atoms with Crippen molar-refractivity contribution in [1.29, 1.82) is 0 Å². The number of thiazole rings is 1. The third-order valence-corrected chi connectivity index (χ3v) is 7.82. The van der Waals surface area contributed by atoms with E-state index in [4.69, 9.17) is 4.74 Å². The average molecular weight is 507 g/mol. The molecule has 1 fully saturated rings. The number of likely N-dealkylation sites (tertiary alicyclic amines) is 1. The van der Waals surface area contributed by atoms with Crippen molar-refractivity contribution in [3.8, 4) is 16.3 Å². The third kappa shape index (κ3) is 4.01. The quantitative estimate of drug-likeness (QED) is 0.427. The van der Waals surface area contributed by atoms with Crippen molar-refractivity contribution in [3.05, 3.63) is 42.1 Å². The van der Waals surface area contributed by atoms with E-state index in [1.165, 1.54) is 11.3 Å². The topological polar surface area (TPSA) is 119 Å². The number of hydrogen-bond donors (Lipinski definition) is 2. The van der Waals surface area contributed by atoms with Crippen molar-refractivity contribution >= 4 is 39.4 Å². The number of carbonyl (C=O) groups excluding carboxylic acids is 2. The van der Waals surface area contributed by atoms with E-state index in [0.717, 1.165) is 53.5 Å². The van der Waals surface area contributed by atoms with Crippen LogP contribution in [0.1, 0.15) is 35.3 Å². The molecule has 6 heterocycles. The summed E-state index contributed by atoms with van der Waals surface area (Å²) >= 11 is 1.46. The number of carbonyl (C=O) groups is 2. The smallest absolute Gasteiger partial charge is 0.260 e. The molecule has 0 unspecified atom stereocenters. The highest BCUT2D eigenvalue weighted by molar-refractivity contribution is 7.21. The second-order valence-corrected chi connectivity index (χ2v) is 10.2. The van der Waals surface area contributed by atoms with Gasteiger partial charge in [-0.2, -0.15) is 10.2 Å². The number of nitrogens with one attached hydrogen (secondary N) is 2. The lowest BCUT2D eigenvalue weighted by Crippen LogP contribution is -2.37. The van der Waals surface area contributed by atoms with Gasteiger partial charge < -0.3 is 15.4 Å². The molecule has 12 heteroatoms. The Bertz CT molecular complexity index is 1470. The van der Waals surface area contributed by atoms with Crippen molar-refractivity contribution in [2.45, 2.75) is 38.8 Å². The first-order valence-corrected chi connectivity index (χ1v) is 12.7. The Morgan fingerprint density at radius 3 is 2.86 bits per heavy atom. The van der Waals surface area contributed by atoms with E-state index in [1.807, 2.05) is 29.7 Å². The molecule has 1 atom stereocenters. The second kappa shape index (κ2) is 9.03. The molecule has 2 amide bonds. The van der Waals surface area contributed by atoms with Crippen LogP contribution in [0.3, 0.4) is 0 Å². The minimum Gasteiger partial charge on any atom is -0.477 e. The number of nitrogens with zero attached hydrogens (tertiary/aromatic N) is 6. The summed E-state index contributed by atoms with van der Waals surface area (Å²) in [4.78, 5) is 34.0. The predicted molar refractivity (Wildman–Crippen MR) is 136 cm³/mol. The number of ether oxygens (including phenoxy) is 1. The van der Waals surface area contributed by atoms with Gasteiger partial charge >= 0.3 is 0 Å². The molecule has 0 aliphatic carbocycles. The SMILES string of the molecule is Cc1ncc(NC(=O)[C@@H]2CCCN2C)cc1NC(=O)c1cnn2cc(-c3cnn4c3OCCC4)sc12. The lowest BCUT2D eigenvalue weighted by Gasteiger charge is -2.19. The number of likely N-dealkylation sites (N-methyl/N-ethyl adjacent to an activating group) is 1. The Morgan fingerprint density at radius 1 is 1.14 bits per heavy atom. The van der Waals surface area contributed by atoms with Crippen LogP contribution in [0.2, 0.25) is 0 Å². The van der Waals surface area contributed by atoms with Crippen molar-refractivity contribution in [1.82, 2.24) is 29.3 Å². The third-order valence-electron chi connectivity index (χ3n) is 6.68. The summed E-state index contributed by atoms with van der Waals surface area (Å²) in [7, 11) is 1.95. The Labute approximate surface area is 211 Å².